The van der Waals surface area contributed by atoms with Crippen molar-refractivity contribution in [3.8, 4) is 0 Å². The standard InChI is InChI=1S/C21H31N7O2/c1-14(2)18-24-21(30-25-18)27-9-6-17(7-10-27)26(4)19(29)16-11-22-20(23-12-16)28-8-5-15(3)13-28/h11-12,14-15,17H,5-10,13H2,1-4H3. The number of piperidine rings is 1. The second-order valence-corrected chi connectivity index (χ2v) is 8.84. The molecule has 9 heteroatoms. The van der Waals surface area contributed by atoms with Gasteiger partial charge in [-0.15, -0.1) is 0 Å². The average molecular weight is 414 g/mol. The van der Waals surface area contributed by atoms with Crippen molar-refractivity contribution >= 4 is 17.9 Å². The summed E-state index contributed by atoms with van der Waals surface area (Å²) < 4.78 is 5.40. The van der Waals surface area contributed by atoms with E-state index >= 15 is 0 Å². The number of amides is 1. The van der Waals surface area contributed by atoms with E-state index in [2.05, 4.69) is 36.8 Å². The summed E-state index contributed by atoms with van der Waals surface area (Å²) in [7, 11) is 1.86. The Morgan fingerprint density at radius 1 is 1.13 bits per heavy atom. The SMILES string of the molecule is CC1CCN(c2ncc(C(=O)N(C)C3CCN(c4nc(C(C)C)no4)CC3)cn2)C1. The average Bonchev–Trinajstić information content (AvgIpc) is 3.43. The molecule has 2 fully saturated rings. The Labute approximate surface area is 177 Å². The van der Waals surface area contributed by atoms with E-state index in [4.69, 9.17) is 4.52 Å². The fourth-order valence-corrected chi connectivity index (χ4v) is 4.11. The van der Waals surface area contributed by atoms with E-state index in [0.717, 1.165) is 51.3 Å². The summed E-state index contributed by atoms with van der Waals surface area (Å²) >= 11 is 0. The molecule has 0 saturated carbocycles. The number of aromatic nitrogens is 4. The highest BCUT2D eigenvalue weighted by molar-refractivity contribution is 5.93. The third kappa shape index (κ3) is 4.24. The van der Waals surface area contributed by atoms with Crippen LogP contribution in [0.25, 0.3) is 0 Å². The van der Waals surface area contributed by atoms with Crippen molar-refractivity contribution in [1.29, 1.82) is 0 Å². The summed E-state index contributed by atoms with van der Waals surface area (Å²) in [5.41, 5.74) is 0.536. The lowest BCUT2D eigenvalue weighted by molar-refractivity contribution is 0.0707. The summed E-state index contributed by atoms with van der Waals surface area (Å²) in [6, 6.07) is 0.742. The first-order valence-corrected chi connectivity index (χ1v) is 10.8. The Bertz CT molecular complexity index is 858. The van der Waals surface area contributed by atoms with Crippen molar-refractivity contribution in [1.82, 2.24) is 25.0 Å². The predicted molar refractivity (Wildman–Crippen MR) is 114 cm³/mol. The van der Waals surface area contributed by atoms with E-state index in [0.29, 0.717) is 23.4 Å². The zero-order chi connectivity index (χ0) is 21.3. The van der Waals surface area contributed by atoms with Crippen LogP contribution in [-0.2, 0) is 0 Å². The van der Waals surface area contributed by atoms with Gasteiger partial charge >= 0.3 is 6.01 Å². The number of anilines is 2. The monoisotopic (exact) mass is 413 g/mol. The van der Waals surface area contributed by atoms with E-state index in [1.165, 1.54) is 0 Å². The maximum Gasteiger partial charge on any atom is 0.324 e. The molecule has 0 N–H and O–H groups in total. The van der Waals surface area contributed by atoms with E-state index < -0.39 is 0 Å². The third-order valence-electron chi connectivity index (χ3n) is 6.14. The minimum atomic E-state index is -0.0327. The number of rotatable bonds is 5. The molecule has 4 rings (SSSR count). The molecule has 2 saturated heterocycles. The number of hydrogen-bond donors (Lipinski definition) is 0. The summed E-state index contributed by atoms with van der Waals surface area (Å²) in [5.74, 6) is 2.32. The zero-order valence-corrected chi connectivity index (χ0v) is 18.3. The normalized spacial score (nSPS) is 20.2. The number of hydrogen-bond acceptors (Lipinski definition) is 8. The van der Waals surface area contributed by atoms with Gasteiger partial charge in [0.2, 0.25) is 5.95 Å². The van der Waals surface area contributed by atoms with Crippen LogP contribution in [0, 0.1) is 5.92 Å². The minimum absolute atomic E-state index is 0.0327. The molecule has 2 aliphatic rings. The molecule has 1 unspecified atom stereocenters. The molecule has 9 nitrogen and oxygen atoms in total. The number of nitrogens with zero attached hydrogens (tertiary/aromatic N) is 7. The van der Waals surface area contributed by atoms with Crippen molar-refractivity contribution < 1.29 is 9.32 Å². The van der Waals surface area contributed by atoms with Gasteiger partial charge in [-0.05, 0) is 25.2 Å². The molecule has 2 aliphatic heterocycles. The molecule has 0 spiro atoms. The molecular weight excluding hydrogens is 382 g/mol. The Morgan fingerprint density at radius 2 is 1.80 bits per heavy atom. The van der Waals surface area contributed by atoms with Gasteiger partial charge in [0.25, 0.3) is 5.91 Å². The summed E-state index contributed by atoms with van der Waals surface area (Å²) in [4.78, 5) is 32.4. The van der Waals surface area contributed by atoms with Crippen LogP contribution in [0.15, 0.2) is 16.9 Å². The fourth-order valence-electron chi connectivity index (χ4n) is 4.11. The molecule has 0 bridgehead atoms. The zero-order valence-electron chi connectivity index (χ0n) is 18.3. The molecule has 162 valence electrons. The van der Waals surface area contributed by atoms with Gasteiger partial charge in [-0.1, -0.05) is 25.9 Å². The van der Waals surface area contributed by atoms with Crippen LogP contribution in [0.3, 0.4) is 0 Å². The molecule has 1 atom stereocenters. The van der Waals surface area contributed by atoms with Gasteiger partial charge in [0.15, 0.2) is 5.82 Å². The smallest absolute Gasteiger partial charge is 0.324 e. The maximum absolute atomic E-state index is 12.9. The molecule has 2 aromatic heterocycles. The van der Waals surface area contributed by atoms with Crippen LogP contribution in [0.1, 0.15) is 62.1 Å². The topological polar surface area (TPSA) is 91.5 Å². The molecule has 4 heterocycles. The van der Waals surface area contributed by atoms with E-state index in [1.807, 2.05) is 25.8 Å². The van der Waals surface area contributed by atoms with Gasteiger partial charge < -0.3 is 19.2 Å². The lowest BCUT2D eigenvalue weighted by atomic mass is 10.0. The van der Waals surface area contributed by atoms with E-state index in [1.54, 1.807) is 12.4 Å². The number of carbonyl (C=O) groups is 1. The van der Waals surface area contributed by atoms with Crippen molar-refractivity contribution in [2.45, 2.75) is 52.0 Å². The van der Waals surface area contributed by atoms with Crippen molar-refractivity contribution in [3.05, 3.63) is 23.8 Å². The number of carbonyl (C=O) groups excluding carboxylic acids is 1. The summed E-state index contributed by atoms with van der Waals surface area (Å²) in [6.45, 7) is 9.85. The lowest BCUT2D eigenvalue weighted by Gasteiger charge is -2.35. The Morgan fingerprint density at radius 3 is 2.37 bits per heavy atom. The molecule has 0 radical (unpaired) electrons. The highest BCUT2D eigenvalue weighted by Crippen LogP contribution is 2.24. The Hall–Kier alpha value is -2.71. The van der Waals surface area contributed by atoms with Crippen LogP contribution in [-0.4, -0.2) is 70.2 Å². The Kier molecular flexibility index (Phi) is 5.87. The van der Waals surface area contributed by atoms with Gasteiger partial charge in [0.1, 0.15) is 0 Å². The molecular formula is C21H31N7O2. The van der Waals surface area contributed by atoms with Crippen LogP contribution < -0.4 is 9.80 Å². The molecule has 30 heavy (non-hydrogen) atoms. The first kappa shape index (κ1) is 20.6. The van der Waals surface area contributed by atoms with Crippen molar-refractivity contribution in [2.75, 3.05) is 43.0 Å². The largest absolute Gasteiger partial charge is 0.341 e. The highest BCUT2D eigenvalue weighted by atomic mass is 16.5. The molecule has 0 aromatic carbocycles. The molecule has 2 aromatic rings. The van der Waals surface area contributed by atoms with Crippen molar-refractivity contribution in [3.63, 3.8) is 0 Å². The minimum Gasteiger partial charge on any atom is -0.341 e. The van der Waals surface area contributed by atoms with Crippen molar-refractivity contribution in [2.24, 2.45) is 5.92 Å². The van der Waals surface area contributed by atoms with E-state index in [9.17, 15) is 4.79 Å². The first-order chi connectivity index (χ1) is 14.4. The van der Waals surface area contributed by atoms with E-state index in [-0.39, 0.29) is 17.9 Å². The van der Waals surface area contributed by atoms with Crippen LogP contribution in [0.5, 0.6) is 0 Å². The van der Waals surface area contributed by atoms with Gasteiger partial charge in [-0.2, -0.15) is 4.98 Å². The Balaban J connectivity index is 1.33. The maximum atomic E-state index is 12.9. The van der Waals surface area contributed by atoms with Gasteiger partial charge in [-0.25, -0.2) is 9.97 Å². The second kappa shape index (κ2) is 8.57. The molecule has 1 amide bonds. The molecule has 0 aliphatic carbocycles. The van der Waals surface area contributed by atoms with Gasteiger partial charge in [0.05, 0.1) is 5.56 Å². The fraction of sp³-hybridized carbons (Fsp3) is 0.667. The quantitative estimate of drug-likeness (QED) is 0.739. The lowest BCUT2D eigenvalue weighted by Crippen LogP contribution is -2.45. The van der Waals surface area contributed by atoms with Crippen LogP contribution in [0.4, 0.5) is 12.0 Å². The van der Waals surface area contributed by atoms with Crippen LogP contribution >= 0.6 is 0 Å². The van der Waals surface area contributed by atoms with Gasteiger partial charge in [0, 0.05) is 57.6 Å². The predicted octanol–water partition coefficient (Wildman–Crippen LogP) is 2.57. The second-order valence-electron chi connectivity index (χ2n) is 8.84. The van der Waals surface area contributed by atoms with Gasteiger partial charge in [-0.3, -0.25) is 4.79 Å². The third-order valence-corrected chi connectivity index (χ3v) is 6.14. The first-order valence-electron chi connectivity index (χ1n) is 10.8. The van der Waals surface area contributed by atoms with Crippen LogP contribution in [0.2, 0.25) is 0 Å². The highest BCUT2D eigenvalue weighted by Gasteiger charge is 2.29. The summed E-state index contributed by atoms with van der Waals surface area (Å²) in [6.07, 6.45) is 6.18. The summed E-state index contributed by atoms with van der Waals surface area (Å²) in [5, 5.41) is 4.04.